The van der Waals surface area contributed by atoms with Crippen LogP contribution in [0.15, 0.2) is 60.8 Å². The van der Waals surface area contributed by atoms with Crippen molar-refractivity contribution in [2.24, 2.45) is 0 Å². The van der Waals surface area contributed by atoms with Gasteiger partial charge in [-0.15, -0.1) is 0 Å². The van der Waals surface area contributed by atoms with Gasteiger partial charge in [0.1, 0.15) is 5.69 Å². The molecule has 0 radical (unpaired) electrons. The van der Waals surface area contributed by atoms with Gasteiger partial charge in [0.2, 0.25) is 0 Å². The summed E-state index contributed by atoms with van der Waals surface area (Å²) >= 11 is 11.4. The first-order valence-electron chi connectivity index (χ1n) is 7.46. The molecule has 0 aliphatic carbocycles. The highest BCUT2D eigenvalue weighted by atomic mass is 35.5. The molecule has 0 aliphatic heterocycles. The lowest BCUT2D eigenvalue weighted by Gasteiger charge is -2.09. The Labute approximate surface area is 148 Å². The Morgan fingerprint density at radius 1 is 1.04 bits per heavy atom. The molecule has 0 bridgehead atoms. The number of aromatic amines is 1. The molecule has 2 aromatic heterocycles. The van der Waals surface area contributed by atoms with Gasteiger partial charge in [-0.1, -0.05) is 48.0 Å². The molecule has 6 heteroatoms. The predicted octanol–water partition coefficient (Wildman–Crippen LogP) is 4.86. The minimum atomic E-state index is 0.565. The number of fused-ring (bicyclic) bond motifs is 1. The third-order valence-electron chi connectivity index (χ3n) is 3.90. The van der Waals surface area contributed by atoms with E-state index in [1.807, 2.05) is 53.1 Å². The van der Waals surface area contributed by atoms with Gasteiger partial charge < -0.3 is 0 Å². The molecule has 118 valence electrons. The van der Waals surface area contributed by atoms with Crippen LogP contribution in [0.3, 0.4) is 0 Å². The van der Waals surface area contributed by atoms with E-state index in [-0.39, 0.29) is 0 Å². The van der Waals surface area contributed by atoms with Crippen LogP contribution in [-0.2, 0) is 6.54 Å². The van der Waals surface area contributed by atoms with E-state index in [1.165, 1.54) is 0 Å². The van der Waals surface area contributed by atoms with Crippen molar-refractivity contribution in [3.05, 3.63) is 76.2 Å². The first-order chi connectivity index (χ1) is 11.7. The molecule has 0 unspecified atom stereocenters. The van der Waals surface area contributed by atoms with Crippen LogP contribution in [0.25, 0.3) is 22.3 Å². The highest BCUT2D eigenvalue weighted by molar-refractivity contribution is 7.71. The van der Waals surface area contributed by atoms with E-state index in [9.17, 15) is 0 Å². The molecule has 0 saturated heterocycles. The first kappa shape index (κ1) is 15.1. The summed E-state index contributed by atoms with van der Waals surface area (Å²) in [5, 5.41) is 10.2. The lowest BCUT2D eigenvalue weighted by atomic mass is 10.1. The summed E-state index contributed by atoms with van der Waals surface area (Å²) < 4.78 is 2.52. The normalized spacial score (nSPS) is 11.0. The maximum atomic E-state index is 5.96. The van der Waals surface area contributed by atoms with Gasteiger partial charge in [0.05, 0.1) is 6.54 Å². The number of rotatable bonds is 3. The molecule has 0 saturated carbocycles. The van der Waals surface area contributed by atoms with Crippen LogP contribution >= 0.6 is 23.8 Å². The van der Waals surface area contributed by atoms with Crippen LogP contribution in [0.1, 0.15) is 5.56 Å². The molecular formula is C18H13ClN4S. The fraction of sp³-hybridized carbons (Fsp3) is 0.0556. The van der Waals surface area contributed by atoms with Crippen molar-refractivity contribution < 1.29 is 0 Å². The van der Waals surface area contributed by atoms with Gasteiger partial charge in [-0.3, -0.25) is 14.6 Å². The maximum absolute atomic E-state index is 5.96. The quantitative estimate of drug-likeness (QED) is 0.536. The Balaban J connectivity index is 1.85. The lowest BCUT2D eigenvalue weighted by molar-refractivity contribution is 0.788. The summed E-state index contributed by atoms with van der Waals surface area (Å²) in [5.74, 6) is 0.728. The van der Waals surface area contributed by atoms with Crippen molar-refractivity contribution in [3.8, 4) is 11.5 Å². The highest BCUT2D eigenvalue weighted by Crippen LogP contribution is 2.25. The van der Waals surface area contributed by atoms with E-state index >= 15 is 0 Å². The predicted molar refractivity (Wildman–Crippen MR) is 98.7 cm³/mol. The van der Waals surface area contributed by atoms with E-state index in [0.29, 0.717) is 16.3 Å². The Hall–Kier alpha value is -2.50. The van der Waals surface area contributed by atoms with E-state index in [1.54, 1.807) is 6.20 Å². The number of pyridine rings is 1. The molecule has 4 rings (SSSR count). The van der Waals surface area contributed by atoms with Gasteiger partial charge in [-0.05, 0) is 41.4 Å². The monoisotopic (exact) mass is 352 g/mol. The molecule has 0 amide bonds. The SMILES string of the molecule is S=c1[nH]nc(-c2nccc3ccccc23)n1Cc1ccc(Cl)cc1. The van der Waals surface area contributed by atoms with Crippen molar-refractivity contribution in [2.75, 3.05) is 0 Å². The summed E-state index contributed by atoms with van der Waals surface area (Å²) in [6.07, 6.45) is 1.79. The van der Waals surface area contributed by atoms with Crippen molar-refractivity contribution in [2.45, 2.75) is 6.54 Å². The van der Waals surface area contributed by atoms with Crippen LogP contribution in [0.4, 0.5) is 0 Å². The van der Waals surface area contributed by atoms with E-state index < -0.39 is 0 Å². The summed E-state index contributed by atoms with van der Waals surface area (Å²) in [5.41, 5.74) is 1.91. The van der Waals surface area contributed by atoms with Crippen LogP contribution in [-0.4, -0.2) is 19.7 Å². The van der Waals surface area contributed by atoms with Gasteiger partial charge in [0.25, 0.3) is 0 Å². The van der Waals surface area contributed by atoms with Crippen molar-refractivity contribution in [1.82, 2.24) is 19.7 Å². The second-order valence-corrected chi connectivity index (χ2v) is 6.27. The Morgan fingerprint density at radius 3 is 2.67 bits per heavy atom. The van der Waals surface area contributed by atoms with Crippen molar-refractivity contribution in [1.29, 1.82) is 0 Å². The number of hydrogen-bond acceptors (Lipinski definition) is 3. The van der Waals surface area contributed by atoms with Gasteiger partial charge >= 0.3 is 0 Å². The average Bonchev–Trinajstić information content (AvgIpc) is 2.97. The average molecular weight is 353 g/mol. The minimum absolute atomic E-state index is 0.565. The Bertz CT molecular complexity index is 1060. The van der Waals surface area contributed by atoms with Gasteiger partial charge in [0, 0.05) is 16.6 Å². The maximum Gasteiger partial charge on any atom is 0.195 e. The lowest BCUT2D eigenvalue weighted by Crippen LogP contribution is -2.03. The van der Waals surface area contributed by atoms with Gasteiger partial charge in [-0.2, -0.15) is 5.10 Å². The van der Waals surface area contributed by atoms with Crippen molar-refractivity contribution in [3.63, 3.8) is 0 Å². The van der Waals surface area contributed by atoms with Crippen molar-refractivity contribution >= 4 is 34.6 Å². The fourth-order valence-electron chi connectivity index (χ4n) is 2.72. The standard InChI is InChI=1S/C18H13ClN4S/c19-14-7-5-12(6-8-14)11-23-17(21-22-18(23)24)16-15-4-2-1-3-13(15)9-10-20-16/h1-10H,11H2,(H,22,24). The zero-order valence-corrected chi connectivity index (χ0v) is 14.2. The summed E-state index contributed by atoms with van der Waals surface area (Å²) in [4.78, 5) is 4.54. The molecule has 0 spiro atoms. The summed E-state index contributed by atoms with van der Waals surface area (Å²) in [6, 6.07) is 17.8. The smallest absolute Gasteiger partial charge is 0.195 e. The molecule has 2 heterocycles. The molecule has 24 heavy (non-hydrogen) atoms. The molecule has 0 fully saturated rings. The molecule has 0 aliphatic rings. The zero-order valence-electron chi connectivity index (χ0n) is 12.6. The summed E-state index contributed by atoms with van der Waals surface area (Å²) in [7, 11) is 0. The Kier molecular flexibility index (Phi) is 3.88. The molecule has 0 atom stereocenters. The van der Waals surface area contributed by atoms with Crippen LogP contribution < -0.4 is 0 Å². The number of benzene rings is 2. The first-order valence-corrected chi connectivity index (χ1v) is 8.25. The number of hydrogen-bond donors (Lipinski definition) is 1. The number of nitrogens with zero attached hydrogens (tertiary/aromatic N) is 3. The Morgan fingerprint density at radius 2 is 1.83 bits per heavy atom. The largest absolute Gasteiger partial charge is 0.294 e. The molecular weight excluding hydrogens is 340 g/mol. The second-order valence-electron chi connectivity index (χ2n) is 5.45. The van der Waals surface area contributed by atoms with Gasteiger partial charge in [0.15, 0.2) is 10.6 Å². The van der Waals surface area contributed by atoms with Crippen LogP contribution in [0, 0.1) is 4.77 Å². The number of halogens is 1. The van der Waals surface area contributed by atoms with Crippen LogP contribution in [0.2, 0.25) is 5.02 Å². The molecule has 4 nitrogen and oxygen atoms in total. The molecule has 2 aromatic carbocycles. The van der Waals surface area contributed by atoms with Gasteiger partial charge in [-0.25, -0.2) is 0 Å². The molecule has 1 N–H and O–H groups in total. The fourth-order valence-corrected chi connectivity index (χ4v) is 3.04. The second kappa shape index (κ2) is 6.19. The highest BCUT2D eigenvalue weighted by Gasteiger charge is 2.13. The number of nitrogens with one attached hydrogen (secondary N) is 1. The van der Waals surface area contributed by atoms with E-state index in [0.717, 1.165) is 27.9 Å². The third-order valence-corrected chi connectivity index (χ3v) is 4.46. The summed E-state index contributed by atoms with van der Waals surface area (Å²) in [6.45, 7) is 0.604. The zero-order chi connectivity index (χ0) is 16.5. The molecule has 4 aromatic rings. The number of aromatic nitrogens is 4. The minimum Gasteiger partial charge on any atom is -0.294 e. The van der Waals surface area contributed by atoms with Crippen LogP contribution in [0.5, 0.6) is 0 Å². The number of H-pyrrole nitrogens is 1. The third kappa shape index (κ3) is 2.72. The van der Waals surface area contributed by atoms with E-state index in [2.05, 4.69) is 21.2 Å². The van der Waals surface area contributed by atoms with E-state index in [4.69, 9.17) is 23.8 Å². The topological polar surface area (TPSA) is 46.5 Å².